The minimum Gasteiger partial charge on any atom is -0.491 e. The Balaban J connectivity index is 1.60. The molecule has 2 heterocycles. The van der Waals surface area contributed by atoms with E-state index in [1.165, 1.54) is 11.1 Å². The van der Waals surface area contributed by atoms with Crippen molar-refractivity contribution < 1.29 is 18.8 Å². The molecule has 4 atom stereocenters. The molecule has 1 fully saturated rings. The first-order chi connectivity index (χ1) is 18.4. The predicted octanol–water partition coefficient (Wildman–Crippen LogP) is 5.78. The fourth-order valence-corrected chi connectivity index (χ4v) is 6.67. The van der Waals surface area contributed by atoms with E-state index in [0.29, 0.717) is 37.4 Å². The van der Waals surface area contributed by atoms with Crippen molar-refractivity contribution in [1.29, 1.82) is 0 Å². The van der Waals surface area contributed by atoms with Crippen molar-refractivity contribution in [1.82, 2.24) is 0 Å². The topological polar surface area (TPSA) is 79.2 Å². The monoisotopic (exact) mass is 553 g/mol. The summed E-state index contributed by atoms with van der Waals surface area (Å²) in [6, 6.07) is 11.4. The third kappa shape index (κ3) is 6.36. The van der Waals surface area contributed by atoms with E-state index >= 15 is 0 Å². The second-order valence-electron chi connectivity index (χ2n) is 10.7. The number of aliphatic hydroxyl groups is 1. The first kappa shape index (κ1) is 27.1. The quantitative estimate of drug-likeness (QED) is 0.330. The molecule has 2 bridgehead atoms. The summed E-state index contributed by atoms with van der Waals surface area (Å²) in [6.07, 6.45) is 4.55. The molecule has 3 aliphatic rings. The fraction of sp³-hybridized carbons (Fsp3) is 0.500. The van der Waals surface area contributed by atoms with Crippen LogP contribution in [0, 0.1) is 29.6 Å². The number of fused-ring (bicyclic) bond motifs is 3. The molecule has 2 aliphatic heterocycles. The van der Waals surface area contributed by atoms with Crippen molar-refractivity contribution in [3.63, 3.8) is 0 Å². The third-order valence-electron chi connectivity index (χ3n) is 7.82. The Kier molecular flexibility index (Phi) is 8.62. The smallest absolute Gasteiger partial charge is 0.254 e. The number of amides is 1. The van der Waals surface area contributed by atoms with Gasteiger partial charge in [-0.1, -0.05) is 36.3 Å². The molecule has 0 saturated heterocycles. The van der Waals surface area contributed by atoms with Crippen LogP contribution >= 0.6 is 11.6 Å². The molecule has 0 unspecified atom stereocenters. The van der Waals surface area contributed by atoms with Crippen molar-refractivity contribution in [3.05, 3.63) is 58.1 Å². The number of anilines is 1. The zero-order valence-electron chi connectivity index (χ0n) is 21.7. The van der Waals surface area contributed by atoms with Crippen LogP contribution in [0.5, 0.6) is 5.75 Å². The van der Waals surface area contributed by atoms with Crippen LogP contribution in [0.4, 0.5) is 5.69 Å². The number of hydrogen-bond donors (Lipinski definition) is 1. The first-order valence-electron chi connectivity index (χ1n) is 13.5. The van der Waals surface area contributed by atoms with Crippen molar-refractivity contribution >= 4 is 33.8 Å². The van der Waals surface area contributed by atoms with Crippen LogP contribution in [0.2, 0.25) is 5.02 Å². The van der Waals surface area contributed by atoms with Gasteiger partial charge in [0.05, 0.1) is 12.3 Å². The third-order valence-corrected chi connectivity index (χ3v) is 9.28. The number of carbonyl (C=O) groups is 1. The lowest BCUT2D eigenvalue weighted by Crippen LogP contribution is -2.43. The van der Waals surface area contributed by atoms with Gasteiger partial charge in [-0.05, 0) is 85.4 Å². The first-order valence-corrected chi connectivity index (χ1v) is 15.1. The number of benzene rings is 2. The molecule has 2 aromatic rings. The average Bonchev–Trinajstić information content (AvgIpc) is 2.88. The van der Waals surface area contributed by atoms with Gasteiger partial charge in [0.1, 0.15) is 11.9 Å². The Hall–Kier alpha value is -2.53. The summed E-state index contributed by atoms with van der Waals surface area (Å²) in [5.41, 5.74) is 3.60. The standard InChI is InChI=1S/C30H34ClN2O4S/c1-20-5-4-7-28(34)26-12-9-24(26)18-33-17-23-8-11-25(31)15-21(23)6-2-3-14-37-29-13-10-22(16-27(29)33)30(35)32-38(36)19-20/h8,10-11,13,15-16,20,24,26,28,34H,2-3,5-6,9,12,14,17-19H2,1H3/q-1/t20-,24-,26+,28-/m0/s1. The van der Waals surface area contributed by atoms with Gasteiger partial charge >= 0.3 is 0 Å². The molecule has 0 aromatic heterocycles. The Bertz CT molecular complexity index is 1340. The molecule has 1 saturated carbocycles. The number of halogens is 1. The predicted molar refractivity (Wildman–Crippen MR) is 151 cm³/mol. The average molecular weight is 554 g/mol. The zero-order valence-corrected chi connectivity index (χ0v) is 23.3. The summed E-state index contributed by atoms with van der Waals surface area (Å²) in [5, 5.41) is 11.6. The van der Waals surface area contributed by atoms with Gasteiger partial charge in [-0.3, -0.25) is 4.79 Å². The van der Waals surface area contributed by atoms with Crippen LogP contribution < -0.4 is 9.64 Å². The highest BCUT2D eigenvalue weighted by Crippen LogP contribution is 2.41. The molecule has 202 valence electrons. The molecule has 0 spiro atoms. The normalized spacial score (nSPS) is 26.7. The van der Waals surface area contributed by atoms with Crippen LogP contribution in [0.3, 0.4) is 0 Å². The minimum absolute atomic E-state index is 0.00190. The number of aliphatic hydroxyl groups excluding tert-OH is 1. The van der Waals surface area contributed by atoms with Crippen LogP contribution in [0.1, 0.15) is 60.5 Å². The summed E-state index contributed by atoms with van der Waals surface area (Å²) in [6.45, 7) is 3.82. The SMILES string of the molecule is C[C@H]1CC#C[C@H](O)[C@@H]2CC[C@H]2CN2Cc3ccc(Cl)cc3CCCCOc3ccc(cc32)C(=O)N=[S-](=O)C1. The molecule has 2 aromatic carbocycles. The van der Waals surface area contributed by atoms with Crippen molar-refractivity contribution in [2.45, 2.75) is 58.1 Å². The maximum Gasteiger partial charge on any atom is 0.254 e. The maximum atomic E-state index is 13.1. The number of hydrogen-bond acceptors (Lipinski definition) is 6. The molecular formula is C30H34ClN2O4S-. The number of rotatable bonds is 0. The van der Waals surface area contributed by atoms with Gasteiger partial charge in [0.15, 0.2) is 0 Å². The lowest BCUT2D eigenvalue weighted by molar-refractivity contribution is 0.0519. The van der Waals surface area contributed by atoms with E-state index < -0.39 is 22.6 Å². The van der Waals surface area contributed by atoms with E-state index in [4.69, 9.17) is 16.3 Å². The van der Waals surface area contributed by atoms with Crippen LogP contribution in [0.25, 0.3) is 0 Å². The summed E-state index contributed by atoms with van der Waals surface area (Å²) < 4.78 is 22.8. The zero-order chi connectivity index (χ0) is 26.6. The Morgan fingerprint density at radius 2 is 2.03 bits per heavy atom. The van der Waals surface area contributed by atoms with Gasteiger partial charge in [-0.25, -0.2) is 0 Å². The number of carbonyl (C=O) groups excluding carboxylic acids is 1. The lowest BCUT2D eigenvalue weighted by Gasteiger charge is -2.42. The lowest BCUT2D eigenvalue weighted by atomic mass is 9.70. The second-order valence-corrected chi connectivity index (χ2v) is 12.3. The highest BCUT2D eigenvalue weighted by atomic mass is 35.5. The summed E-state index contributed by atoms with van der Waals surface area (Å²) in [5.74, 6) is 6.95. The van der Waals surface area contributed by atoms with Gasteiger partial charge in [-0.15, -0.1) is 5.92 Å². The van der Waals surface area contributed by atoms with Crippen LogP contribution in [0.15, 0.2) is 40.8 Å². The van der Waals surface area contributed by atoms with Crippen LogP contribution in [-0.4, -0.2) is 36.0 Å². The molecule has 6 nitrogen and oxygen atoms in total. The summed E-state index contributed by atoms with van der Waals surface area (Å²) in [7, 11) is -1.65. The van der Waals surface area contributed by atoms with Gasteiger partial charge in [0.2, 0.25) is 0 Å². The largest absolute Gasteiger partial charge is 0.491 e. The van der Waals surface area contributed by atoms with Gasteiger partial charge in [-0.2, -0.15) is 10.6 Å². The van der Waals surface area contributed by atoms with E-state index in [1.54, 1.807) is 6.07 Å². The summed E-state index contributed by atoms with van der Waals surface area (Å²) in [4.78, 5) is 15.3. The Morgan fingerprint density at radius 3 is 2.84 bits per heavy atom. The van der Waals surface area contributed by atoms with Gasteiger partial charge in [0, 0.05) is 36.0 Å². The molecule has 1 amide bonds. The molecular weight excluding hydrogens is 520 g/mol. The highest BCUT2D eigenvalue weighted by molar-refractivity contribution is 7.75. The van der Waals surface area contributed by atoms with E-state index in [2.05, 4.69) is 27.2 Å². The molecule has 38 heavy (non-hydrogen) atoms. The Labute approximate surface area is 231 Å². The number of aryl methyl sites for hydroxylation is 1. The van der Waals surface area contributed by atoms with E-state index in [1.807, 2.05) is 31.2 Å². The molecule has 8 heteroatoms. The van der Waals surface area contributed by atoms with Crippen molar-refractivity contribution in [2.24, 2.45) is 22.1 Å². The van der Waals surface area contributed by atoms with Crippen molar-refractivity contribution in [3.8, 4) is 17.6 Å². The number of nitrogens with zero attached hydrogens (tertiary/aromatic N) is 2. The maximum absolute atomic E-state index is 13.1. The Morgan fingerprint density at radius 1 is 1.16 bits per heavy atom. The second kappa shape index (κ2) is 12.1. The van der Waals surface area contributed by atoms with Gasteiger partial charge < -0.3 is 23.3 Å². The van der Waals surface area contributed by atoms with Crippen molar-refractivity contribution in [2.75, 3.05) is 23.8 Å². The highest BCUT2D eigenvalue weighted by Gasteiger charge is 2.37. The van der Waals surface area contributed by atoms with Crippen LogP contribution in [-0.2, 0) is 27.8 Å². The fourth-order valence-electron chi connectivity index (χ4n) is 5.50. The molecule has 1 N–H and O–H groups in total. The van der Waals surface area contributed by atoms with E-state index in [-0.39, 0.29) is 23.5 Å². The number of ether oxygens (including phenoxy) is 1. The molecule has 5 rings (SSSR count). The molecule has 1 aliphatic carbocycles. The summed E-state index contributed by atoms with van der Waals surface area (Å²) >= 11 is 6.36. The minimum atomic E-state index is -1.65. The van der Waals surface area contributed by atoms with Gasteiger partial charge in [0.25, 0.3) is 5.91 Å². The molecule has 0 radical (unpaired) electrons. The van der Waals surface area contributed by atoms with E-state index in [0.717, 1.165) is 42.8 Å². The van der Waals surface area contributed by atoms with E-state index in [9.17, 15) is 14.1 Å².